The molecule has 0 fully saturated rings. The molecular formula is C17H19NO. The van der Waals surface area contributed by atoms with Crippen LogP contribution >= 0.6 is 0 Å². The maximum Gasteiger partial charge on any atom is 0.0996 e. The first-order chi connectivity index (χ1) is 9.40. The summed E-state index contributed by atoms with van der Waals surface area (Å²) >= 11 is 0. The van der Waals surface area contributed by atoms with Gasteiger partial charge in [0, 0.05) is 6.20 Å². The van der Waals surface area contributed by atoms with E-state index in [9.17, 15) is 0 Å². The lowest BCUT2D eigenvalue weighted by molar-refractivity contribution is 0.0574. The van der Waals surface area contributed by atoms with Gasteiger partial charge in [-0.05, 0) is 23.1 Å². The van der Waals surface area contributed by atoms with Gasteiger partial charge in [-0.2, -0.15) is 0 Å². The molecule has 0 atom stereocenters. The van der Waals surface area contributed by atoms with Crippen molar-refractivity contribution in [3.63, 3.8) is 0 Å². The fourth-order valence-electron chi connectivity index (χ4n) is 1.76. The van der Waals surface area contributed by atoms with Gasteiger partial charge in [-0.15, -0.1) is 0 Å². The van der Waals surface area contributed by atoms with Crippen molar-refractivity contribution in [3.05, 3.63) is 72.4 Å². The first-order valence-electron chi connectivity index (χ1n) is 6.57. The standard InChI is InChI=1S/C17H19NO/c1-2-3-13-18-19-14-15-9-11-17(12-10-15)16-7-5-4-6-8-16/h3-13,18H,2,14H2,1H3. The molecule has 0 amide bonds. The van der Waals surface area contributed by atoms with E-state index in [2.05, 4.69) is 60.9 Å². The van der Waals surface area contributed by atoms with Crippen molar-refractivity contribution in [2.45, 2.75) is 20.0 Å². The average molecular weight is 253 g/mol. The molecule has 0 unspecified atom stereocenters. The van der Waals surface area contributed by atoms with Gasteiger partial charge >= 0.3 is 0 Å². The van der Waals surface area contributed by atoms with E-state index in [1.807, 2.05) is 18.3 Å². The fourth-order valence-corrected chi connectivity index (χ4v) is 1.76. The Morgan fingerprint density at radius 1 is 0.947 bits per heavy atom. The first-order valence-corrected chi connectivity index (χ1v) is 6.57. The van der Waals surface area contributed by atoms with Crippen molar-refractivity contribution in [1.82, 2.24) is 5.48 Å². The maximum absolute atomic E-state index is 5.33. The van der Waals surface area contributed by atoms with E-state index >= 15 is 0 Å². The highest BCUT2D eigenvalue weighted by Gasteiger charge is 1.97. The Morgan fingerprint density at radius 2 is 1.63 bits per heavy atom. The molecule has 0 aromatic heterocycles. The molecule has 2 aromatic carbocycles. The Kier molecular flexibility index (Phi) is 5.20. The van der Waals surface area contributed by atoms with Gasteiger partial charge in [0.1, 0.15) is 0 Å². The van der Waals surface area contributed by atoms with Crippen LogP contribution in [0.25, 0.3) is 11.1 Å². The summed E-state index contributed by atoms with van der Waals surface area (Å²) in [4.78, 5) is 5.33. The minimum absolute atomic E-state index is 0.559. The Labute approximate surface area is 114 Å². The van der Waals surface area contributed by atoms with Crippen LogP contribution in [0.2, 0.25) is 0 Å². The van der Waals surface area contributed by atoms with Gasteiger partial charge in [0.25, 0.3) is 0 Å². The molecule has 0 bridgehead atoms. The van der Waals surface area contributed by atoms with E-state index in [1.54, 1.807) is 0 Å². The lowest BCUT2D eigenvalue weighted by Crippen LogP contribution is -2.05. The number of hydrogen-bond donors (Lipinski definition) is 1. The highest BCUT2D eigenvalue weighted by molar-refractivity contribution is 5.63. The summed E-state index contributed by atoms with van der Waals surface area (Å²) < 4.78 is 0. The van der Waals surface area contributed by atoms with Gasteiger partial charge in [-0.1, -0.05) is 67.6 Å². The van der Waals surface area contributed by atoms with Crippen LogP contribution in [-0.2, 0) is 11.4 Å². The van der Waals surface area contributed by atoms with Crippen molar-refractivity contribution in [2.24, 2.45) is 0 Å². The van der Waals surface area contributed by atoms with E-state index in [1.165, 1.54) is 11.1 Å². The fraction of sp³-hybridized carbons (Fsp3) is 0.176. The number of allylic oxidation sites excluding steroid dienone is 1. The van der Waals surface area contributed by atoms with Crippen molar-refractivity contribution < 1.29 is 4.84 Å². The van der Waals surface area contributed by atoms with E-state index in [4.69, 9.17) is 4.84 Å². The molecule has 2 nitrogen and oxygen atoms in total. The monoisotopic (exact) mass is 253 g/mol. The molecule has 0 saturated carbocycles. The molecular weight excluding hydrogens is 234 g/mol. The van der Waals surface area contributed by atoms with E-state index < -0.39 is 0 Å². The van der Waals surface area contributed by atoms with E-state index in [-0.39, 0.29) is 0 Å². The number of benzene rings is 2. The molecule has 2 rings (SSSR count). The zero-order chi connectivity index (χ0) is 13.3. The molecule has 19 heavy (non-hydrogen) atoms. The van der Waals surface area contributed by atoms with Gasteiger partial charge in [0.05, 0.1) is 6.61 Å². The van der Waals surface area contributed by atoms with Gasteiger partial charge in [0.2, 0.25) is 0 Å². The van der Waals surface area contributed by atoms with Crippen LogP contribution < -0.4 is 5.48 Å². The zero-order valence-electron chi connectivity index (χ0n) is 11.2. The highest BCUT2D eigenvalue weighted by Crippen LogP contribution is 2.19. The summed E-state index contributed by atoms with van der Waals surface area (Å²) in [7, 11) is 0. The third kappa shape index (κ3) is 4.27. The van der Waals surface area contributed by atoms with Crippen LogP contribution in [0.1, 0.15) is 18.9 Å². The Balaban J connectivity index is 1.90. The van der Waals surface area contributed by atoms with E-state index in [0.29, 0.717) is 6.61 Å². The van der Waals surface area contributed by atoms with Crippen LogP contribution in [0.5, 0.6) is 0 Å². The van der Waals surface area contributed by atoms with Crippen LogP contribution in [0, 0.1) is 0 Å². The number of rotatable bonds is 6. The second-order valence-electron chi connectivity index (χ2n) is 4.28. The van der Waals surface area contributed by atoms with E-state index in [0.717, 1.165) is 12.0 Å². The topological polar surface area (TPSA) is 21.3 Å². The normalized spacial score (nSPS) is 10.8. The largest absolute Gasteiger partial charge is 0.274 e. The Hall–Kier alpha value is -2.06. The molecule has 1 N–H and O–H groups in total. The minimum atomic E-state index is 0.559. The number of hydroxylamine groups is 1. The smallest absolute Gasteiger partial charge is 0.0996 e. The van der Waals surface area contributed by atoms with Crippen LogP contribution in [0.3, 0.4) is 0 Å². The molecule has 0 saturated heterocycles. The highest BCUT2D eigenvalue weighted by atomic mass is 16.6. The first kappa shape index (κ1) is 13.4. The Bertz CT molecular complexity index is 503. The molecule has 0 radical (unpaired) electrons. The molecule has 2 aromatic rings. The van der Waals surface area contributed by atoms with Crippen molar-refractivity contribution in [3.8, 4) is 11.1 Å². The Morgan fingerprint density at radius 3 is 2.32 bits per heavy atom. The predicted molar refractivity (Wildman–Crippen MR) is 79.2 cm³/mol. The minimum Gasteiger partial charge on any atom is -0.274 e. The van der Waals surface area contributed by atoms with Gasteiger partial charge in [-0.3, -0.25) is 10.3 Å². The third-order valence-electron chi connectivity index (χ3n) is 2.80. The van der Waals surface area contributed by atoms with Crippen molar-refractivity contribution in [1.29, 1.82) is 0 Å². The van der Waals surface area contributed by atoms with Gasteiger partial charge in [0.15, 0.2) is 0 Å². The molecule has 0 spiro atoms. The average Bonchev–Trinajstić information content (AvgIpc) is 2.49. The SMILES string of the molecule is CCC=CNOCc1ccc(-c2ccccc2)cc1. The molecule has 0 heterocycles. The second-order valence-corrected chi connectivity index (χ2v) is 4.28. The summed E-state index contributed by atoms with van der Waals surface area (Å²) in [6.45, 7) is 2.64. The summed E-state index contributed by atoms with van der Waals surface area (Å²) in [6.07, 6.45) is 4.83. The summed E-state index contributed by atoms with van der Waals surface area (Å²) in [5.41, 5.74) is 6.41. The maximum atomic E-state index is 5.33. The van der Waals surface area contributed by atoms with Crippen molar-refractivity contribution >= 4 is 0 Å². The lowest BCUT2D eigenvalue weighted by Gasteiger charge is -2.05. The number of hydrogen-bond acceptors (Lipinski definition) is 2. The third-order valence-corrected chi connectivity index (χ3v) is 2.80. The molecule has 98 valence electrons. The predicted octanol–water partition coefficient (Wildman–Crippen LogP) is 4.30. The van der Waals surface area contributed by atoms with Crippen LogP contribution in [-0.4, -0.2) is 0 Å². The summed E-state index contributed by atoms with van der Waals surface area (Å²) in [5.74, 6) is 0. The zero-order valence-corrected chi connectivity index (χ0v) is 11.2. The molecule has 2 heteroatoms. The quantitative estimate of drug-likeness (QED) is 0.612. The van der Waals surface area contributed by atoms with Crippen LogP contribution in [0.4, 0.5) is 0 Å². The van der Waals surface area contributed by atoms with Gasteiger partial charge < -0.3 is 0 Å². The van der Waals surface area contributed by atoms with Crippen molar-refractivity contribution in [2.75, 3.05) is 0 Å². The van der Waals surface area contributed by atoms with Crippen LogP contribution in [0.15, 0.2) is 66.9 Å². The molecule has 0 aliphatic rings. The second kappa shape index (κ2) is 7.39. The summed E-state index contributed by atoms with van der Waals surface area (Å²) in [5, 5.41) is 0. The molecule has 0 aliphatic carbocycles. The lowest BCUT2D eigenvalue weighted by atomic mass is 10.0. The summed E-state index contributed by atoms with van der Waals surface area (Å²) in [6, 6.07) is 18.8. The number of nitrogens with one attached hydrogen (secondary N) is 1. The molecule has 0 aliphatic heterocycles. The van der Waals surface area contributed by atoms with Gasteiger partial charge in [-0.25, -0.2) is 0 Å².